The second-order valence-corrected chi connectivity index (χ2v) is 4.37. The van der Waals surface area contributed by atoms with Crippen LogP contribution in [0.4, 0.5) is 5.82 Å². The maximum atomic E-state index is 4.70. The lowest BCUT2D eigenvalue weighted by Gasteiger charge is -2.28. The third-order valence-electron chi connectivity index (χ3n) is 3.13. The summed E-state index contributed by atoms with van der Waals surface area (Å²) in [6, 6.07) is 10.2. The first-order valence-corrected chi connectivity index (χ1v) is 6.26. The van der Waals surface area contributed by atoms with Gasteiger partial charge in [0.25, 0.3) is 0 Å². The summed E-state index contributed by atoms with van der Waals surface area (Å²) in [4.78, 5) is 11.3. The van der Waals surface area contributed by atoms with Crippen molar-refractivity contribution in [2.45, 2.75) is 0 Å². The lowest BCUT2D eigenvalue weighted by molar-refractivity contribution is 0.584. The van der Waals surface area contributed by atoms with Crippen LogP contribution in [0.1, 0.15) is 0 Å². The number of nitrogens with zero attached hydrogens (tertiary/aromatic N) is 3. The van der Waals surface area contributed by atoms with E-state index in [9.17, 15) is 0 Å². The van der Waals surface area contributed by atoms with Gasteiger partial charge in [-0.2, -0.15) is 0 Å². The van der Waals surface area contributed by atoms with E-state index in [1.807, 2.05) is 30.6 Å². The Bertz CT molecular complexity index is 516. The third kappa shape index (κ3) is 3.82. The molecule has 2 heterocycles. The van der Waals surface area contributed by atoms with Crippen molar-refractivity contribution in [2.75, 3.05) is 31.1 Å². The molecule has 6 heteroatoms. The highest BCUT2D eigenvalue weighted by atomic mass is 35.5. The van der Waals surface area contributed by atoms with Crippen LogP contribution in [0.25, 0.3) is 11.3 Å². The molecule has 1 aliphatic heterocycles. The Morgan fingerprint density at radius 3 is 2.35 bits per heavy atom. The van der Waals surface area contributed by atoms with Crippen LogP contribution in [0.15, 0.2) is 42.7 Å². The first-order chi connectivity index (χ1) is 8.93. The van der Waals surface area contributed by atoms with E-state index in [0.717, 1.165) is 43.3 Å². The Hall–Kier alpha value is -1.36. The highest BCUT2D eigenvalue weighted by Gasteiger charge is 2.12. The van der Waals surface area contributed by atoms with Gasteiger partial charge in [-0.15, -0.1) is 24.8 Å². The number of benzene rings is 1. The van der Waals surface area contributed by atoms with E-state index < -0.39 is 0 Å². The fourth-order valence-corrected chi connectivity index (χ4v) is 2.15. The molecule has 0 unspecified atom stereocenters. The molecular formula is C14H18Cl2N4. The highest BCUT2D eigenvalue weighted by molar-refractivity contribution is 5.85. The van der Waals surface area contributed by atoms with Crippen LogP contribution in [-0.2, 0) is 0 Å². The molecule has 1 fully saturated rings. The quantitative estimate of drug-likeness (QED) is 0.924. The molecule has 0 spiro atoms. The summed E-state index contributed by atoms with van der Waals surface area (Å²) in [5.41, 5.74) is 2.05. The van der Waals surface area contributed by atoms with Crippen LogP contribution in [-0.4, -0.2) is 36.1 Å². The summed E-state index contributed by atoms with van der Waals surface area (Å²) in [5, 5.41) is 3.34. The molecule has 0 radical (unpaired) electrons. The minimum Gasteiger partial charge on any atom is -0.353 e. The van der Waals surface area contributed by atoms with E-state index in [1.165, 1.54) is 0 Å². The summed E-state index contributed by atoms with van der Waals surface area (Å²) >= 11 is 0. The van der Waals surface area contributed by atoms with Gasteiger partial charge in [0.2, 0.25) is 0 Å². The van der Waals surface area contributed by atoms with Gasteiger partial charge in [0.15, 0.2) is 0 Å². The molecule has 1 aliphatic rings. The number of nitrogens with one attached hydrogen (secondary N) is 1. The summed E-state index contributed by atoms with van der Waals surface area (Å²) in [6.45, 7) is 4.01. The Kier molecular flexibility index (Phi) is 6.71. The topological polar surface area (TPSA) is 41.1 Å². The van der Waals surface area contributed by atoms with E-state index in [0.29, 0.717) is 0 Å². The molecule has 1 aromatic carbocycles. The van der Waals surface area contributed by atoms with Gasteiger partial charge in [-0.1, -0.05) is 30.3 Å². The van der Waals surface area contributed by atoms with E-state index in [2.05, 4.69) is 27.3 Å². The Balaban J connectivity index is 0.000001000. The van der Waals surface area contributed by atoms with Crippen LogP contribution >= 0.6 is 24.8 Å². The van der Waals surface area contributed by atoms with Gasteiger partial charge in [0, 0.05) is 31.7 Å². The first kappa shape index (κ1) is 16.7. The van der Waals surface area contributed by atoms with Crippen molar-refractivity contribution in [3.05, 3.63) is 42.7 Å². The first-order valence-electron chi connectivity index (χ1n) is 6.26. The number of rotatable bonds is 2. The standard InChI is InChI=1S/C14H16N4.2ClH/c1-2-4-12(5-3-1)13-10-16-11-14(17-13)18-8-6-15-7-9-18;;/h1-5,10-11,15H,6-9H2;2*1H. The van der Waals surface area contributed by atoms with Crippen molar-refractivity contribution in [2.24, 2.45) is 0 Å². The molecule has 0 bridgehead atoms. The number of halogens is 2. The average Bonchev–Trinajstić information content (AvgIpc) is 2.49. The fraction of sp³-hybridized carbons (Fsp3) is 0.286. The number of piperazine rings is 1. The molecule has 108 valence electrons. The van der Waals surface area contributed by atoms with Gasteiger partial charge in [0.05, 0.1) is 18.1 Å². The minimum atomic E-state index is 0. The monoisotopic (exact) mass is 312 g/mol. The van der Waals surface area contributed by atoms with Gasteiger partial charge < -0.3 is 10.2 Å². The summed E-state index contributed by atoms with van der Waals surface area (Å²) in [5.74, 6) is 0.970. The molecule has 1 N–H and O–H groups in total. The molecule has 20 heavy (non-hydrogen) atoms. The molecular weight excluding hydrogens is 295 g/mol. The fourth-order valence-electron chi connectivity index (χ4n) is 2.15. The van der Waals surface area contributed by atoms with Crippen LogP contribution in [0.2, 0.25) is 0 Å². The Morgan fingerprint density at radius 1 is 0.950 bits per heavy atom. The second kappa shape index (κ2) is 8.04. The average molecular weight is 313 g/mol. The second-order valence-electron chi connectivity index (χ2n) is 4.37. The summed E-state index contributed by atoms with van der Waals surface area (Å²) < 4.78 is 0. The van der Waals surface area contributed by atoms with Crippen molar-refractivity contribution < 1.29 is 0 Å². The summed E-state index contributed by atoms with van der Waals surface area (Å²) in [6.07, 6.45) is 3.67. The number of anilines is 1. The molecule has 4 nitrogen and oxygen atoms in total. The SMILES string of the molecule is Cl.Cl.c1ccc(-c2cncc(N3CCNCC3)n2)cc1. The number of hydrogen-bond acceptors (Lipinski definition) is 4. The van der Waals surface area contributed by atoms with Crippen molar-refractivity contribution in [1.82, 2.24) is 15.3 Å². The van der Waals surface area contributed by atoms with Crippen molar-refractivity contribution >= 4 is 30.6 Å². The zero-order chi connectivity index (χ0) is 12.2. The largest absolute Gasteiger partial charge is 0.353 e. The van der Waals surface area contributed by atoms with Gasteiger partial charge in [-0.05, 0) is 0 Å². The zero-order valence-electron chi connectivity index (χ0n) is 11.0. The summed E-state index contributed by atoms with van der Waals surface area (Å²) in [7, 11) is 0. The minimum absolute atomic E-state index is 0. The number of aromatic nitrogens is 2. The zero-order valence-corrected chi connectivity index (χ0v) is 12.7. The van der Waals surface area contributed by atoms with Crippen molar-refractivity contribution in [3.63, 3.8) is 0 Å². The van der Waals surface area contributed by atoms with Crippen LogP contribution in [0.5, 0.6) is 0 Å². The van der Waals surface area contributed by atoms with Crippen molar-refractivity contribution in [3.8, 4) is 11.3 Å². The molecule has 0 atom stereocenters. The molecule has 1 aromatic heterocycles. The molecule has 0 saturated carbocycles. The lowest BCUT2D eigenvalue weighted by Crippen LogP contribution is -2.43. The van der Waals surface area contributed by atoms with Gasteiger partial charge in [0.1, 0.15) is 5.82 Å². The van der Waals surface area contributed by atoms with E-state index in [4.69, 9.17) is 4.98 Å². The Labute approximate surface area is 131 Å². The lowest BCUT2D eigenvalue weighted by atomic mass is 10.2. The molecule has 1 saturated heterocycles. The maximum absolute atomic E-state index is 4.70. The molecule has 0 aliphatic carbocycles. The molecule has 2 aromatic rings. The predicted octanol–water partition coefficient (Wildman–Crippen LogP) is 2.40. The maximum Gasteiger partial charge on any atom is 0.147 e. The van der Waals surface area contributed by atoms with Gasteiger partial charge in [-0.3, -0.25) is 4.98 Å². The van der Waals surface area contributed by atoms with Gasteiger partial charge >= 0.3 is 0 Å². The normalized spacial score (nSPS) is 14.1. The van der Waals surface area contributed by atoms with E-state index in [1.54, 1.807) is 0 Å². The number of hydrogen-bond donors (Lipinski definition) is 1. The van der Waals surface area contributed by atoms with Crippen LogP contribution < -0.4 is 10.2 Å². The van der Waals surface area contributed by atoms with E-state index >= 15 is 0 Å². The Morgan fingerprint density at radius 2 is 1.65 bits per heavy atom. The predicted molar refractivity (Wildman–Crippen MR) is 87.0 cm³/mol. The van der Waals surface area contributed by atoms with E-state index in [-0.39, 0.29) is 24.8 Å². The van der Waals surface area contributed by atoms with Crippen LogP contribution in [0, 0.1) is 0 Å². The van der Waals surface area contributed by atoms with Crippen molar-refractivity contribution in [1.29, 1.82) is 0 Å². The third-order valence-corrected chi connectivity index (χ3v) is 3.13. The molecule has 0 amide bonds. The highest BCUT2D eigenvalue weighted by Crippen LogP contribution is 2.19. The van der Waals surface area contributed by atoms with Gasteiger partial charge in [-0.25, -0.2) is 4.98 Å². The smallest absolute Gasteiger partial charge is 0.147 e. The molecule has 3 rings (SSSR count). The van der Waals surface area contributed by atoms with Crippen LogP contribution in [0.3, 0.4) is 0 Å².